The van der Waals surface area contributed by atoms with Crippen molar-refractivity contribution in [1.29, 1.82) is 0 Å². The van der Waals surface area contributed by atoms with E-state index >= 15 is 0 Å². The van der Waals surface area contributed by atoms with E-state index in [0.29, 0.717) is 32.9 Å². The van der Waals surface area contributed by atoms with Crippen LogP contribution in [0.3, 0.4) is 0 Å². The van der Waals surface area contributed by atoms with Crippen LogP contribution in [0.15, 0.2) is 30.5 Å². The number of aromatic nitrogens is 1. The molecule has 0 radical (unpaired) electrons. The van der Waals surface area contributed by atoms with Gasteiger partial charge < -0.3 is 24.4 Å². The van der Waals surface area contributed by atoms with E-state index in [1.807, 2.05) is 24.3 Å². The van der Waals surface area contributed by atoms with Gasteiger partial charge in [-0.15, -0.1) is 0 Å². The fourth-order valence-corrected chi connectivity index (χ4v) is 4.14. The Balaban J connectivity index is 0.000000604. The molecule has 9 nitrogen and oxygen atoms in total. The van der Waals surface area contributed by atoms with Gasteiger partial charge in [0.15, 0.2) is 5.06 Å². The summed E-state index contributed by atoms with van der Waals surface area (Å²) in [6, 6.07) is 7.94. The Morgan fingerprint density at radius 1 is 1.19 bits per heavy atom. The summed E-state index contributed by atoms with van der Waals surface area (Å²) in [7, 11) is 0. The second kappa shape index (κ2) is 15.4. The van der Waals surface area contributed by atoms with E-state index in [2.05, 4.69) is 16.8 Å². The largest absolute Gasteiger partial charge is 0.493 e. The second-order valence-electron chi connectivity index (χ2n) is 8.05. The summed E-state index contributed by atoms with van der Waals surface area (Å²) in [5.74, 6) is -2.70. The summed E-state index contributed by atoms with van der Waals surface area (Å²) in [5.41, 5.74) is 1.08. The molecular formula is C24H31F3N2O7S. The Hall–Kier alpha value is -2.90. The van der Waals surface area contributed by atoms with E-state index in [0.717, 1.165) is 47.2 Å². The highest BCUT2D eigenvalue weighted by atomic mass is 32.1. The molecule has 1 aliphatic rings. The third kappa shape index (κ3) is 11.8. The van der Waals surface area contributed by atoms with Crippen molar-refractivity contribution in [2.45, 2.75) is 44.9 Å². The zero-order valence-corrected chi connectivity index (χ0v) is 21.2. The van der Waals surface area contributed by atoms with Crippen LogP contribution in [0.5, 0.6) is 10.8 Å². The lowest BCUT2D eigenvalue weighted by molar-refractivity contribution is -0.192. The molecule has 2 heterocycles. The highest BCUT2D eigenvalue weighted by Gasteiger charge is 2.38. The first-order valence-corrected chi connectivity index (χ1v) is 12.6. The maximum Gasteiger partial charge on any atom is 0.490 e. The predicted octanol–water partition coefficient (Wildman–Crippen LogP) is 4.42. The normalized spacial score (nSPS) is 15.9. The minimum Gasteiger partial charge on any atom is -0.493 e. The van der Waals surface area contributed by atoms with Crippen molar-refractivity contribution in [3.05, 3.63) is 41.0 Å². The Labute approximate surface area is 216 Å². The fourth-order valence-electron chi connectivity index (χ4n) is 3.25. The summed E-state index contributed by atoms with van der Waals surface area (Å²) < 4.78 is 49.1. The van der Waals surface area contributed by atoms with Crippen LogP contribution in [-0.2, 0) is 20.7 Å². The van der Waals surface area contributed by atoms with E-state index in [1.54, 1.807) is 17.5 Å². The van der Waals surface area contributed by atoms with Crippen molar-refractivity contribution in [1.82, 2.24) is 9.88 Å². The molecule has 206 valence electrons. The molecule has 1 atom stereocenters. The molecule has 1 fully saturated rings. The van der Waals surface area contributed by atoms with Gasteiger partial charge in [-0.1, -0.05) is 30.4 Å². The summed E-state index contributed by atoms with van der Waals surface area (Å²) in [5, 5.41) is 18.0. The first-order valence-electron chi connectivity index (χ1n) is 11.7. The second-order valence-corrected chi connectivity index (χ2v) is 9.13. The van der Waals surface area contributed by atoms with Gasteiger partial charge in [0.05, 0.1) is 43.5 Å². The lowest BCUT2D eigenvalue weighted by Crippen LogP contribution is -2.39. The summed E-state index contributed by atoms with van der Waals surface area (Å²) in [6.45, 7) is 5.99. The van der Waals surface area contributed by atoms with E-state index in [-0.39, 0.29) is 12.5 Å². The number of nitrogens with zero attached hydrogens (tertiary/aromatic N) is 2. The number of rotatable bonds is 12. The molecule has 1 unspecified atom stereocenters. The van der Waals surface area contributed by atoms with Crippen molar-refractivity contribution >= 4 is 23.3 Å². The summed E-state index contributed by atoms with van der Waals surface area (Å²) in [4.78, 5) is 26.2. The zero-order chi connectivity index (χ0) is 27.3. The van der Waals surface area contributed by atoms with Gasteiger partial charge in [0, 0.05) is 26.1 Å². The smallest absolute Gasteiger partial charge is 0.490 e. The molecule has 37 heavy (non-hydrogen) atoms. The van der Waals surface area contributed by atoms with Gasteiger partial charge in [0.25, 0.3) is 0 Å². The summed E-state index contributed by atoms with van der Waals surface area (Å²) in [6.07, 6.45) is -0.272. The number of morpholine rings is 1. The van der Waals surface area contributed by atoms with Crippen LogP contribution in [0.1, 0.15) is 42.9 Å². The lowest BCUT2D eigenvalue weighted by atomic mass is 10.1. The first kappa shape index (κ1) is 30.3. The number of benzene rings is 1. The van der Waals surface area contributed by atoms with Crippen LogP contribution in [0.4, 0.5) is 13.2 Å². The topological polar surface area (TPSA) is 118 Å². The standard InChI is InChI=1S/C22H30N2O5S.C2HF3O2/c1-2-4-20-23-15-22(30-20)29-13-3-12-27-18-7-5-17(6-8-18)19-16-24(11-14-28-19)10-9-21(25)26;3-2(4,5)1(6)7/h5-8,15,19H,2-4,9-14,16H2,1H3,(H,25,26);(H,6,7). The number of carboxylic acids is 2. The molecule has 13 heteroatoms. The molecule has 3 rings (SSSR count). The van der Waals surface area contributed by atoms with Crippen molar-refractivity contribution in [3.63, 3.8) is 0 Å². The number of thiazole rings is 1. The highest BCUT2D eigenvalue weighted by molar-refractivity contribution is 7.13. The van der Waals surface area contributed by atoms with Crippen LogP contribution in [0.25, 0.3) is 0 Å². The van der Waals surface area contributed by atoms with Crippen LogP contribution in [0, 0.1) is 0 Å². The molecule has 0 bridgehead atoms. The molecule has 1 aromatic heterocycles. The van der Waals surface area contributed by atoms with Gasteiger partial charge >= 0.3 is 18.1 Å². The van der Waals surface area contributed by atoms with Crippen LogP contribution in [0.2, 0.25) is 0 Å². The molecular weight excluding hydrogens is 517 g/mol. The Morgan fingerprint density at radius 2 is 1.86 bits per heavy atom. The third-order valence-electron chi connectivity index (χ3n) is 5.08. The van der Waals surface area contributed by atoms with Gasteiger partial charge in [0.1, 0.15) is 5.75 Å². The van der Waals surface area contributed by atoms with Gasteiger partial charge in [-0.2, -0.15) is 13.2 Å². The maximum absolute atomic E-state index is 10.8. The molecule has 1 aliphatic heterocycles. The molecule has 2 N–H and O–H groups in total. The number of halogens is 3. The first-order chi connectivity index (χ1) is 17.6. The maximum atomic E-state index is 10.8. The zero-order valence-electron chi connectivity index (χ0n) is 20.4. The number of hydrogen-bond donors (Lipinski definition) is 2. The van der Waals surface area contributed by atoms with Gasteiger partial charge in [-0.05, 0) is 30.5 Å². The SMILES string of the molecule is CCCc1ncc(OCCCOc2ccc(C3CN(CCC(=O)O)CCO3)cc2)s1.O=C(O)C(F)(F)F. The van der Waals surface area contributed by atoms with E-state index in [1.165, 1.54) is 0 Å². The van der Waals surface area contributed by atoms with Crippen LogP contribution < -0.4 is 9.47 Å². The van der Waals surface area contributed by atoms with E-state index < -0.39 is 18.1 Å². The number of aryl methyl sites for hydroxylation is 1. The van der Waals surface area contributed by atoms with E-state index in [9.17, 15) is 18.0 Å². The summed E-state index contributed by atoms with van der Waals surface area (Å²) >= 11 is 1.61. The monoisotopic (exact) mass is 548 g/mol. The molecule has 0 aliphatic carbocycles. The number of aliphatic carboxylic acids is 2. The quantitative estimate of drug-likeness (QED) is 0.372. The molecule has 2 aromatic rings. The van der Waals surface area contributed by atoms with Crippen LogP contribution >= 0.6 is 11.3 Å². The molecule has 1 aromatic carbocycles. The number of carboxylic acid groups (broad SMARTS) is 2. The van der Waals surface area contributed by atoms with Gasteiger partial charge in [-0.25, -0.2) is 9.78 Å². The average Bonchev–Trinajstić information content (AvgIpc) is 3.30. The predicted molar refractivity (Wildman–Crippen MR) is 129 cm³/mol. The van der Waals surface area contributed by atoms with Crippen molar-refractivity contribution in [3.8, 4) is 10.8 Å². The highest BCUT2D eigenvalue weighted by Crippen LogP contribution is 2.25. The minimum atomic E-state index is -5.08. The molecule has 0 saturated carbocycles. The molecule has 0 spiro atoms. The van der Waals surface area contributed by atoms with E-state index in [4.69, 9.17) is 29.2 Å². The van der Waals surface area contributed by atoms with Gasteiger partial charge in [0.2, 0.25) is 0 Å². The number of hydrogen-bond acceptors (Lipinski definition) is 8. The van der Waals surface area contributed by atoms with Crippen LogP contribution in [-0.4, -0.2) is 77.7 Å². The Morgan fingerprint density at radius 3 is 2.49 bits per heavy atom. The number of ether oxygens (including phenoxy) is 3. The number of carbonyl (C=O) groups is 2. The lowest BCUT2D eigenvalue weighted by Gasteiger charge is -2.32. The van der Waals surface area contributed by atoms with Crippen molar-refractivity contribution in [2.24, 2.45) is 0 Å². The third-order valence-corrected chi connectivity index (χ3v) is 6.05. The number of alkyl halides is 3. The minimum absolute atomic E-state index is 0.0352. The Bertz CT molecular complexity index is 970. The van der Waals surface area contributed by atoms with Gasteiger partial charge in [-0.3, -0.25) is 9.69 Å². The average molecular weight is 549 g/mol. The van der Waals surface area contributed by atoms with Crippen molar-refractivity contribution in [2.75, 3.05) is 39.5 Å². The van der Waals surface area contributed by atoms with Crippen molar-refractivity contribution < 1.29 is 47.2 Å². The Kier molecular flexibility index (Phi) is 12.6. The molecule has 0 amide bonds. The fraction of sp³-hybridized carbons (Fsp3) is 0.542. The molecule has 1 saturated heterocycles.